The van der Waals surface area contributed by atoms with Gasteiger partial charge in [0.05, 0.1) is 24.9 Å². The van der Waals surface area contributed by atoms with Gasteiger partial charge in [-0.15, -0.1) is 10.2 Å². The van der Waals surface area contributed by atoms with Crippen LogP contribution in [0.1, 0.15) is 17.5 Å². The molecule has 6 nitrogen and oxygen atoms in total. The van der Waals surface area contributed by atoms with Gasteiger partial charge in [-0.2, -0.15) is 0 Å². The maximum atomic E-state index is 13.7. The summed E-state index contributed by atoms with van der Waals surface area (Å²) in [5, 5.41) is 12.2. The summed E-state index contributed by atoms with van der Waals surface area (Å²) in [6.07, 6.45) is 0. The van der Waals surface area contributed by atoms with Crippen molar-refractivity contribution in [3.63, 3.8) is 0 Å². The van der Waals surface area contributed by atoms with Crippen LogP contribution in [0.3, 0.4) is 0 Å². The first-order chi connectivity index (χ1) is 15.5. The van der Waals surface area contributed by atoms with Crippen molar-refractivity contribution in [3.05, 3.63) is 88.0 Å². The van der Waals surface area contributed by atoms with Gasteiger partial charge in [0.1, 0.15) is 23.4 Å². The lowest BCUT2D eigenvalue weighted by atomic mass is 10.1. The lowest BCUT2D eigenvalue weighted by Gasteiger charge is -2.21. The highest BCUT2D eigenvalue weighted by molar-refractivity contribution is 6.32. The molecule has 0 amide bonds. The molecule has 0 bridgehead atoms. The van der Waals surface area contributed by atoms with Gasteiger partial charge in [0, 0.05) is 22.2 Å². The van der Waals surface area contributed by atoms with Crippen LogP contribution in [0.4, 0.5) is 10.1 Å². The molecule has 32 heavy (non-hydrogen) atoms. The van der Waals surface area contributed by atoms with E-state index in [1.165, 1.54) is 26.4 Å². The number of halogens is 3. The van der Waals surface area contributed by atoms with E-state index in [0.29, 0.717) is 33.7 Å². The fraction of sp³-hybridized carbons (Fsp3) is 0.130. The average Bonchev–Trinajstić information content (AvgIpc) is 3.29. The Labute approximate surface area is 193 Å². The van der Waals surface area contributed by atoms with Crippen molar-refractivity contribution in [2.24, 2.45) is 0 Å². The van der Waals surface area contributed by atoms with E-state index in [4.69, 9.17) is 37.1 Å². The number of nitrogens with one attached hydrogen (secondary N) is 1. The molecule has 0 saturated carbocycles. The molecule has 0 aliphatic carbocycles. The van der Waals surface area contributed by atoms with Crippen LogP contribution >= 0.6 is 23.2 Å². The summed E-state index contributed by atoms with van der Waals surface area (Å²) < 4.78 is 30.4. The number of anilines is 1. The number of ether oxygens (including phenoxy) is 2. The summed E-state index contributed by atoms with van der Waals surface area (Å²) in [7, 11) is 3.03. The van der Waals surface area contributed by atoms with Gasteiger partial charge in [0.25, 0.3) is 0 Å². The average molecular weight is 474 g/mol. The molecular formula is C23H18Cl2FN3O3. The Balaban J connectivity index is 1.79. The van der Waals surface area contributed by atoms with Crippen molar-refractivity contribution in [1.29, 1.82) is 0 Å². The maximum absolute atomic E-state index is 13.7. The number of methoxy groups -OCH3 is 2. The number of aromatic nitrogens is 2. The van der Waals surface area contributed by atoms with Gasteiger partial charge >= 0.3 is 0 Å². The van der Waals surface area contributed by atoms with E-state index in [-0.39, 0.29) is 10.9 Å². The van der Waals surface area contributed by atoms with Crippen LogP contribution in [0.5, 0.6) is 11.5 Å². The van der Waals surface area contributed by atoms with Crippen molar-refractivity contribution in [2.45, 2.75) is 6.04 Å². The number of hydrogen-bond acceptors (Lipinski definition) is 6. The second kappa shape index (κ2) is 9.46. The van der Waals surface area contributed by atoms with E-state index in [0.717, 1.165) is 5.56 Å². The van der Waals surface area contributed by atoms with Gasteiger partial charge in [-0.3, -0.25) is 0 Å². The molecule has 1 heterocycles. The van der Waals surface area contributed by atoms with E-state index in [1.807, 2.05) is 30.3 Å². The van der Waals surface area contributed by atoms with Gasteiger partial charge in [0.2, 0.25) is 11.8 Å². The van der Waals surface area contributed by atoms with Crippen LogP contribution in [0, 0.1) is 5.82 Å². The predicted octanol–water partition coefficient (Wildman–Crippen LogP) is 6.40. The summed E-state index contributed by atoms with van der Waals surface area (Å²) in [6, 6.07) is 16.0. The largest absolute Gasteiger partial charge is 0.495 e. The number of benzene rings is 3. The van der Waals surface area contributed by atoms with Crippen molar-refractivity contribution in [3.8, 4) is 23.0 Å². The minimum Gasteiger partial charge on any atom is -0.495 e. The zero-order valence-electron chi connectivity index (χ0n) is 17.1. The molecule has 0 saturated heterocycles. The summed E-state index contributed by atoms with van der Waals surface area (Å²) in [5.41, 5.74) is 1.83. The van der Waals surface area contributed by atoms with Crippen LogP contribution in [-0.2, 0) is 0 Å². The normalized spacial score (nSPS) is 11.8. The first kappa shape index (κ1) is 21.9. The standard InChI is InChI=1S/C23H18Cl2FN3O3/c1-30-19-12-20(31-2)18(11-17(19)25)27-21(15-9-8-14(26)10-16(15)24)23-29-28-22(32-23)13-6-4-3-5-7-13/h3-12,21,27H,1-2H3/t21-/m0/s1. The highest BCUT2D eigenvalue weighted by Crippen LogP contribution is 2.40. The third kappa shape index (κ3) is 4.49. The summed E-state index contributed by atoms with van der Waals surface area (Å²) >= 11 is 12.7. The smallest absolute Gasteiger partial charge is 0.247 e. The zero-order valence-corrected chi connectivity index (χ0v) is 18.6. The van der Waals surface area contributed by atoms with E-state index in [2.05, 4.69) is 15.5 Å². The highest BCUT2D eigenvalue weighted by atomic mass is 35.5. The molecule has 164 valence electrons. The van der Waals surface area contributed by atoms with Gasteiger partial charge in [-0.25, -0.2) is 4.39 Å². The van der Waals surface area contributed by atoms with Crippen molar-refractivity contribution >= 4 is 28.9 Å². The van der Waals surface area contributed by atoms with Crippen molar-refractivity contribution in [1.82, 2.24) is 10.2 Å². The second-order valence-electron chi connectivity index (χ2n) is 6.74. The third-order valence-electron chi connectivity index (χ3n) is 4.76. The minimum atomic E-state index is -0.716. The van der Waals surface area contributed by atoms with Gasteiger partial charge in [0.15, 0.2) is 0 Å². The Bertz CT molecular complexity index is 1230. The van der Waals surface area contributed by atoms with E-state index < -0.39 is 11.9 Å². The number of nitrogens with zero attached hydrogens (tertiary/aromatic N) is 2. The Hall–Kier alpha value is -3.29. The number of rotatable bonds is 7. The quantitative estimate of drug-likeness (QED) is 0.334. The lowest BCUT2D eigenvalue weighted by Crippen LogP contribution is -2.14. The third-order valence-corrected chi connectivity index (χ3v) is 5.38. The van der Waals surface area contributed by atoms with Gasteiger partial charge < -0.3 is 19.2 Å². The Kier molecular flexibility index (Phi) is 6.48. The highest BCUT2D eigenvalue weighted by Gasteiger charge is 2.26. The van der Waals surface area contributed by atoms with Crippen LogP contribution < -0.4 is 14.8 Å². The summed E-state index contributed by atoms with van der Waals surface area (Å²) in [5.74, 6) is 1.03. The molecule has 0 spiro atoms. The predicted molar refractivity (Wildman–Crippen MR) is 121 cm³/mol. The topological polar surface area (TPSA) is 69.4 Å². The van der Waals surface area contributed by atoms with Crippen LogP contribution in [-0.4, -0.2) is 24.4 Å². The van der Waals surface area contributed by atoms with Crippen LogP contribution in [0.25, 0.3) is 11.5 Å². The maximum Gasteiger partial charge on any atom is 0.247 e. The molecule has 0 unspecified atom stereocenters. The van der Waals surface area contributed by atoms with Crippen LogP contribution in [0.2, 0.25) is 10.0 Å². The van der Waals surface area contributed by atoms with E-state index in [9.17, 15) is 4.39 Å². The molecule has 4 aromatic rings. The fourth-order valence-corrected chi connectivity index (χ4v) is 3.70. The fourth-order valence-electron chi connectivity index (χ4n) is 3.19. The molecule has 0 aliphatic rings. The van der Waals surface area contributed by atoms with E-state index >= 15 is 0 Å². The monoisotopic (exact) mass is 473 g/mol. The van der Waals surface area contributed by atoms with E-state index in [1.54, 1.807) is 18.2 Å². The molecule has 3 aromatic carbocycles. The van der Waals surface area contributed by atoms with Crippen molar-refractivity contribution < 1.29 is 18.3 Å². The Morgan fingerprint density at radius 2 is 1.66 bits per heavy atom. The molecule has 1 N–H and O–H groups in total. The molecule has 0 radical (unpaired) electrons. The first-order valence-corrected chi connectivity index (χ1v) is 10.3. The first-order valence-electron chi connectivity index (χ1n) is 9.52. The SMILES string of the molecule is COc1cc(OC)c(N[C@H](c2nnc(-c3ccccc3)o2)c2ccc(F)cc2Cl)cc1Cl. The second-order valence-corrected chi connectivity index (χ2v) is 7.56. The molecule has 4 rings (SSSR count). The molecule has 1 atom stereocenters. The Morgan fingerprint density at radius 1 is 0.906 bits per heavy atom. The molecule has 0 fully saturated rings. The lowest BCUT2D eigenvalue weighted by molar-refractivity contribution is 0.395. The van der Waals surface area contributed by atoms with Crippen molar-refractivity contribution in [2.75, 3.05) is 19.5 Å². The van der Waals surface area contributed by atoms with Gasteiger partial charge in [-0.1, -0.05) is 47.5 Å². The summed E-state index contributed by atoms with van der Waals surface area (Å²) in [6.45, 7) is 0. The number of hydrogen-bond donors (Lipinski definition) is 1. The summed E-state index contributed by atoms with van der Waals surface area (Å²) in [4.78, 5) is 0. The van der Waals surface area contributed by atoms with Gasteiger partial charge in [-0.05, 0) is 30.3 Å². The molecule has 1 aromatic heterocycles. The van der Waals surface area contributed by atoms with Crippen LogP contribution in [0.15, 0.2) is 65.1 Å². The zero-order chi connectivity index (χ0) is 22.7. The molecular weight excluding hydrogens is 456 g/mol. The molecule has 9 heteroatoms. The Morgan fingerprint density at radius 3 is 2.34 bits per heavy atom. The molecule has 0 aliphatic heterocycles. The minimum absolute atomic E-state index is 0.195.